The van der Waals surface area contributed by atoms with Crippen LogP contribution in [0.15, 0.2) is 49.1 Å². The number of nitrogens with zero attached hydrogens (tertiary/aromatic N) is 3. The second kappa shape index (κ2) is 7.60. The van der Waals surface area contributed by atoms with E-state index in [0.29, 0.717) is 5.69 Å². The second-order valence-electron chi connectivity index (χ2n) is 7.59. The maximum Gasteiger partial charge on any atom is 0.101 e. The van der Waals surface area contributed by atoms with Crippen molar-refractivity contribution in [3.63, 3.8) is 0 Å². The first-order valence-corrected chi connectivity index (χ1v) is 9.26. The van der Waals surface area contributed by atoms with Crippen molar-refractivity contribution >= 4 is 5.69 Å². The highest BCUT2D eigenvalue weighted by Crippen LogP contribution is 2.29. The molecule has 0 bridgehead atoms. The number of anilines is 1. The standard InChI is InChI=1S/C22H29N3O/c1-5-7-17-16-18(25-14-12-24(4)13-15-25)10-11-19(17)20-8-6-9-21(23-20)22(2,3)26/h5-6,8-11,16,26H,1,7,12-15H2,2-4H3. The zero-order valence-electron chi connectivity index (χ0n) is 16.1. The Hall–Kier alpha value is -2.17. The van der Waals surface area contributed by atoms with Gasteiger partial charge >= 0.3 is 0 Å². The van der Waals surface area contributed by atoms with Crippen molar-refractivity contribution in [2.75, 3.05) is 38.1 Å². The summed E-state index contributed by atoms with van der Waals surface area (Å²) >= 11 is 0. The number of rotatable bonds is 5. The van der Waals surface area contributed by atoms with Crippen molar-refractivity contribution in [2.45, 2.75) is 25.9 Å². The highest BCUT2D eigenvalue weighted by molar-refractivity contribution is 5.68. The second-order valence-corrected chi connectivity index (χ2v) is 7.59. The Bertz CT molecular complexity index is 771. The molecule has 1 saturated heterocycles. The number of pyridine rings is 1. The van der Waals surface area contributed by atoms with Crippen molar-refractivity contribution in [1.82, 2.24) is 9.88 Å². The largest absolute Gasteiger partial charge is 0.384 e. The molecule has 0 aliphatic carbocycles. The van der Waals surface area contributed by atoms with Gasteiger partial charge in [-0.15, -0.1) is 6.58 Å². The molecule has 0 saturated carbocycles. The predicted molar refractivity (Wildman–Crippen MR) is 109 cm³/mol. The average Bonchev–Trinajstić information content (AvgIpc) is 2.62. The third-order valence-corrected chi connectivity index (χ3v) is 4.97. The molecule has 0 unspecified atom stereocenters. The minimum Gasteiger partial charge on any atom is -0.384 e. The van der Waals surface area contributed by atoms with Crippen molar-refractivity contribution in [3.05, 3.63) is 60.3 Å². The summed E-state index contributed by atoms with van der Waals surface area (Å²) in [5, 5.41) is 10.3. The molecule has 1 aliphatic heterocycles. The number of piperazine rings is 1. The molecule has 138 valence electrons. The lowest BCUT2D eigenvalue weighted by atomic mass is 9.98. The van der Waals surface area contributed by atoms with E-state index in [0.717, 1.165) is 43.9 Å². The van der Waals surface area contributed by atoms with Crippen LogP contribution in [0.2, 0.25) is 0 Å². The summed E-state index contributed by atoms with van der Waals surface area (Å²) in [7, 11) is 2.17. The van der Waals surface area contributed by atoms with Crippen molar-refractivity contribution < 1.29 is 5.11 Å². The van der Waals surface area contributed by atoms with E-state index < -0.39 is 5.60 Å². The van der Waals surface area contributed by atoms with Gasteiger partial charge in [0.2, 0.25) is 0 Å². The van der Waals surface area contributed by atoms with Gasteiger partial charge in [-0.05, 0) is 57.1 Å². The molecule has 1 aliphatic rings. The smallest absolute Gasteiger partial charge is 0.101 e. The van der Waals surface area contributed by atoms with Crippen LogP contribution in [0.1, 0.15) is 25.1 Å². The number of hydrogen-bond donors (Lipinski definition) is 1. The SMILES string of the molecule is C=CCc1cc(N2CCN(C)CC2)ccc1-c1cccc(C(C)(C)O)n1. The summed E-state index contributed by atoms with van der Waals surface area (Å²) in [4.78, 5) is 9.51. The van der Waals surface area contributed by atoms with Gasteiger partial charge in [-0.3, -0.25) is 0 Å². The van der Waals surface area contributed by atoms with E-state index >= 15 is 0 Å². The van der Waals surface area contributed by atoms with Gasteiger partial charge in [-0.2, -0.15) is 0 Å². The van der Waals surface area contributed by atoms with Gasteiger partial charge in [0, 0.05) is 37.4 Å². The molecule has 0 atom stereocenters. The molecular formula is C22H29N3O. The minimum absolute atomic E-state index is 0.683. The van der Waals surface area contributed by atoms with E-state index in [1.807, 2.05) is 24.3 Å². The van der Waals surface area contributed by atoms with E-state index in [-0.39, 0.29) is 0 Å². The van der Waals surface area contributed by atoms with E-state index in [1.54, 1.807) is 13.8 Å². The fourth-order valence-electron chi connectivity index (χ4n) is 3.34. The molecule has 0 amide bonds. The first-order chi connectivity index (χ1) is 12.4. The van der Waals surface area contributed by atoms with Crippen LogP contribution in [-0.2, 0) is 12.0 Å². The predicted octanol–water partition coefficient (Wildman–Crippen LogP) is 3.46. The first kappa shape index (κ1) is 18.6. The number of aliphatic hydroxyl groups is 1. The van der Waals surface area contributed by atoms with Gasteiger partial charge < -0.3 is 14.9 Å². The molecule has 2 heterocycles. The van der Waals surface area contributed by atoms with E-state index in [9.17, 15) is 5.11 Å². The number of allylic oxidation sites excluding steroid dienone is 1. The van der Waals surface area contributed by atoms with E-state index in [4.69, 9.17) is 4.98 Å². The van der Waals surface area contributed by atoms with Gasteiger partial charge in [-0.25, -0.2) is 4.98 Å². The molecule has 2 aromatic rings. The molecule has 1 N–H and O–H groups in total. The Balaban J connectivity index is 1.96. The van der Waals surface area contributed by atoms with Crippen LogP contribution < -0.4 is 4.90 Å². The Morgan fingerprint density at radius 3 is 2.54 bits per heavy atom. The van der Waals surface area contributed by atoms with Crippen molar-refractivity contribution in [1.29, 1.82) is 0 Å². The molecule has 0 radical (unpaired) electrons. The summed E-state index contributed by atoms with van der Waals surface area (Å²) in [6, 6.07) is 12.4. The van der Waals surface area contributed by atoms with Gasteiger partial charge in [0.15, 0.2) is 0 Å². The van der Waals surface area contributed by atoms with Crippen molar-refractivity contribution in [2.24, 2.45) is 0 Å². The number of hydrogen-bond acceptors (Lipinski definition) is 4. The molecule has 0 spiro atoms. The summed E-state index contributed by atoms with van der Waals surface area (Å²) in [5.41, 5.74) is 4.21. The summed E-state index contributed by atoms with van der Waals surface area (Å²) in [6.45, 7) is 11.7. The Labute approximate surface area is 156 Å². The molecule has 1 fully saturated rings. The lowest BCUT2D eigenvalue weighted by molar-refractivity contribution is 0.0740. The molecule has 1 aromatic carbocycles. The average molecular weight is 351 g/mol. The van der Waals surface area contributed by atoms with Crippen LogP contribution >= 0.6 is 0 Å². The Kier molecular flexibility index (Phi) is 5.44. The normalized spacial score (nSPS) is 15.9. The lowest BCUT2D eigenvalue weighted by Gasteiger charge is -2.34. The van der Waals surface area contributed by atoms with Gasteiger partial charge in [0.05, 0.1) is 11.4 Å². The summed E-state index contributed by atoms with van der Waals surface area (Å²) < 4.78 is 0. The van der Waals surface area contributed by atoms with Crippen LogP contribution in [0.4, 0.5) is 5.69 Å². The third-order valence-electron chi connectivity index (χ3n) is 4.97. The molecule has 1 aromatic heterocycles. The Morgan fingerprint density at radius 1 is 1.15 bits per heavy atom. The van der Waals surface area contributed by atoms with Crippen molar-refractivity contribution in [3.8, 4) is 11.3 Å². The molecule has 4 nitrogen and oxygen atoms in total. The summed E-state index contributed by atoms with van der Waals surface area (Å²) in [5.74, 6) is 0. The highest BCUT2D eigenvalue weighted by atomic mass is 16.3. The van der Waals surface area contributed by atoms with Crippen LogP contribution in [0.25, 0.3) is 11.3 Å². The molecule has 4 heteroatoms. The van der Waals surface area contributed by atoms with E-state index in [2.05, 4.69) is 41.6 Å². The first-order valence-electron chi connectivity index (χ1n) is 9.26. The van der Waals surface area contributed by atoms with Gasteiger partial charge in [-0.1, -0.05) is 18.2 Å². The molecular weight excluding hydrogens is 322 g/mol. The quantitative estimate of drug-likeness (QED) is 0.838. The van der Waals surface area contributed by atoms with Gasteiger partial charge in [0.1, 0.15) is 5.60 Å². The zero-order chi connectivity index (χ0) is 18.7. The highest BCUT2D eigenvalue weighted by Gasteiger charge is 2.19. The number of aromatic nitrogens is 1. The van der Waals surface area contributed by atoms with Crippen LogP contribution in [-0.4, -0.2) is 48.2 Å². The monoisotopic (exact) mass is 351 g/mol. The Morgan fingerprint density at radius 2 is 1.88 bits per heavy atom. The molecule has 3 rings (SSSR count). The number of likely N-dealkylation sites (N-methyl/N-ethyl adjacent to an activating group) is 1. The van der Waals surface area contributed by atoms with Crippen LogP contribution in [0.5, 0.6) is 0 Å². The topological polar surface area (TPSA) is 39.6 Å². The summed E-state index contributed by atoms with van der Waals surface area (Å²) in [6.07, 6.45) is 2.73. The lowest BCUT2D eigenvalue weighted by Crippen LogP contribution is -2.44. The minimum atomic E-state index is -0.950. The van der Waals surface area contributed by atoms with E-state index in [1.165, 1.54) is 11.3 Å². The zero-order valence-corrected chi connectivity index (χ0v) is 16.1. The van der Waals surface area contributed by atoms with Crippen LogP contribution in [0, 0.1) is 0 Å². The van der Waals surface area contributed by atoms with Gasteiger partial charge in [0.25, 0.3) is 0 Å². The fraction of sp³-hybridized carbons (Fsp3) is 0.409. The number of benzene rings is 1. The third kappa shape index (κ3) is 4.14. The molecule has 26 heavy (non-hydrogen) atoms. The maximum atomic E-state index is 10.3. The maximum absolute atomic E-state index is 10.3. The van der Waals surface area contributed by atoms with Crippen LogP contribution in [0.3, 0.4) is 0 Å². The fourth-order valence-corrected chi connectivity index (χ4v) is 3.34.